The molecular formula is C55H70N3O2P. The molecule has 1 N–H and O–H groups in total. The van der Waals surface area contributed by atoms with E-state index >= 15 is 4.79 Å². The second-order valence-corrected chi connectivity index (χ2v) is 24.1. The number of amides is 1. The second kappa shape index (κ2) is 16.8. The van der Waals surface area contributed by atoms with E-state index in [0.717, 1.165) is 59.0 Å². The lowest BCUT2D eigenvalue weighted by atomic mass is 9.73. The molecule has 0 spiro atoms. The van der Waals surface area contributed by atoms with Gasteiger partial charge in [-0.2, -0.15) is 0 Å². The van der Waals surface area contributed by atoms with Crippen LogP contribution in [-0.4, -0.2) is 42.0 Å². The summed E-state index contributed by atoms with van der Waals surface area (Å²) in [7, 11) is 0.501. The lowest BCUT2D eigenvalue weighted by molar-refractivity contribution is 0.00171. The number of hydrogen-bond donors (Lipinski definition) is 1. The molecule has 5 nitrogen and oxygen atoms in total. The van der Waals surface area contributed by atoms with Crippen LogP contribution in [0.25, 0.3) is 10.9 Å². The quantitative estimate of drug-likeness (QED) is 0.119. The van der Waals surface area contributed by atoms with E-state index in [1.54, 1.807) is 7.11 Å². The Kier molecular flexibility index (Phi) is 12.3. The number of aromatic nitrogens is 1. The summed E-state index contributed by atoms with van der Waals surface area (Å²) < 4.78 is 5.74. The van der Waals surface area contributed by atoms with Crippen LogP contribution in [0.5, 0.6) is 5.75 Å². The van der Waals surface area contributed by atoms with Crippen LogP contribution in [0.15, 0.2) is 104 Å². The number of fused-ring (bicyclic) bond motifs is 4. The summed E-state index contributed by atoms with van der Waals surface area (Å²) in [6.07, 6.45) is 6.18. The first-order chi connectivity index (χ1) is 28.6. The normalized spacial score (nSPS) is 20.2. The fourth-order valence-corrected chi connectivity index (χ4v) is 11.9. The molecule has 4 aromatic carbocycles. The number of pyridine rings is 1. The number of piperidine rings is 3. The van der Waals surface area contributed by atoms with Gasteiger partial charge in [-0.15, -0.1) is 6.58 Å². The SMILES string of the molecule is C=CC1CN2CCC1C[C@H]2[C@@H](NC(=O)c1ccccc1P(c1cc(C(C)(C)C)cc(C(C)(C)C)c1)c1cc(C(C)(C)C)cc(C(C)(C)C)c1)c1ccnc2ccc(OC)cc12. The minimum Gasteiger partial charge on any atom is -0.497 e. The van der Waals surface area contributed by atoms with Crippen LogP contribution in [0.2, 0.25) is 0 Å². The van der Waals surface area contributed by atoms with Crippen LogP contribution in [0, 0.1) is 11.8 Å². The lowest BCUT2D eigenvalue weighted by Gasteiger charge is -2.51. The Morgan fingerprint density at radius 3 is 1.84 bits per heavy atom. The predicted octanol–water partition coefficient (Wildman–Crippen LogP) is 11.6. The smallest absolute Gasteiger partial charge is 0.252 e. The van der Waals surface area contributed by atoms with E-state index in [2.05, 4.69) is 173 Å². The van der Waals surface area contributed by atoms with Gasteiger partial charge in [0.15, 0.2) is 0 Å². The van der Waals surface area contributed by atoms with Gasteiger partial charge in [0.1, 0.15) is 5.75 Å². The molecule has 3 fully saturated rings. The molecule has 6 heteroatoms. The Morgan fingerprint density at radius 2 is 1.34 bits per heavy atom. The van der Waals surface area contributed by atoms with Crippen molar-refractivity contribution in [3.05, 3.63) is 137 Å². The van der Waals surface area contributed by atoms with Crippen LogP contribution in [0.3, 0.4) is 0 Å². The van der Waals surface area contributed by atoms with Gasteiger partial charge in [-0.05, 0) is 135 Å². The standard InChI is InChI=1S/C55H70N3O2P/c1-15-35-34-58-25-23-36(35)26-48(58)50(44-22-24-56-47-21-20-41(60-14)33-46(44)47)57-51(59)45-18-16-17-19-49(45)61(42-29-37(52(2,3)4)27-38(30-42)53(5,6)7)43-31-39(54(8,9)10)28-40(32-43)55(11,12)13/h15-22,24,27-33,35-36,48,50H,1,23,25-26,34H2,2-14H3,(H,57,59)/t35?,36?,48-,50-/m0/s1. The zero-order valence-electron chi connectivity index (χ0n) is 39.2. The molecule has 61 heavy (non-hydrogen) atoms. The number of rotatable bonds is 9. The molecule has 5 aromatic rings. The third-order valence-electron chi connectivity index (χ3n) is 13.3. The van der Waals surface area contributed by atoms with Gasteiger partial charge in [0, 0.05) is 29.7 Å². The Morgan fingerprint density at radius 1 is 0.787 bits per heavy atom. The maximum absolute atomic E-state index is 15.6. The highest BCUT2D eigenvalue weighted by molar-refractivity contribution is 7.80. The van der Waals surface area contributed by atoms with Crippen molar-refractivity contribution < 1.29 is 9.53 Å². The molecule has 0 saturated carbocycles. The van der Waals surface area contributed by atoms with Gasteiger partial charge in [-0.1, -0.05) is 144 Å². The largest absolute Gasteiger partial charge is 0.497 e. The van der Waals surface area contributed by atoms with Gasteiger partial charge in [-0.25, -0.2) is 0 Å². The van der Waals surface area contributed by atoms with Crippen molar-refractivity contribution in [2.75, 3.05) is 20.2 Å². The van der Waals surface area contributed by atoms with E-state index in [1.807, 2.05) is 24.4 Å². The number of nitrogens with zero attached hydrogens (tertiary/aromatic N) is 2. The molecule has 5 atom stereocenters. The molecular weight excluding hydrogens is 766 g/mol. The maximum Gasteiger partial charge on any atom is 0.252 e. The monoisotopic (exact) mass is 836 g/mol. The number of ether oxygens (including phenoxy) is 1. The van der Waals surface area contributed by atoms with Gasteiger partial charge >= 0.3 is 0 Å². The Labute approximate surface area is 368 Å². The number of benzene rings is 4. The van der Waals surface area contributed by atoms with Crippen molar-refractivity contribution in [2.24, 2.45) is 11.8 Å². The van der Waals surface area contributed by atoms with Gasteiger partial charge in [0.05, 0.1) is 18.7 Å². The van der Waals surface area contributed by atoms with Gasteiger partial charge in [0.25, 0.3) is 5.91 Å². The topological polar surface area (TPSA) is 54.5 Å². The molecule has 3 aliphatic rings. The van der Waals surface area contributed by atoms with E-state index in [-0.39, 0.29) is 39.7 Å². The fraction of sp³-hybridized carbons (Fsp3) is 0.455. The van der Waals surface area contributed by atoms with E-state index < -0.39 is 7.92 Å². The summed E-state index contributed by atoms with van der Waals surface area (Å²) in [5.41, 5.74) is 7.66. The molecule has 0 aliphatic carbocycles. The third-order valence-corrected chi connectivity index (χ3v) is 15.8. The van der Waals surface area contributed by atoms with Crippen molar-refractivity contribution in [1.29, 1.82) is 0 Å². The molecule has 3 aliphatic heterocycles. The number of carbonyl (C=O) groups excluding carboxylic acids is 1. The van der Waals surface area contributed by atoms with Gasteiger partial charge in [0.2, 0.25) is 0 Å². The molecule has 322 valence electrons. The first kappa shape index (κ1) is 44.7. The van der Waals surface area contributed by atoms with Crippen molar-refractivity contribution in [3.8, 4) is 5.75 Å². The lowest BCUT2D eigenvalue weighted by Crippen LogP contribution is -2.57. The Bertz CT molecular complexity index is 2280. The number of carbonyl (C=O) groups is 1. The van der Waals surface area contributed by atoms with Crippen LogP contribution in [0.1, 0.15) is 140 Å². The van der Waals surface area contributed by atoms with Crippen LogP contribution in [-0.2, 0) is 21.7 Å². The van der Waals surface area contributed by atoms with Crippen LogP contribution in [0.4, 0.5) is 0 Å². The number of nitrogens with one attached hydrogen (secondary N) is 1. The average Bonchev–Trinajstić information content (AvgIpc) is 3.21. The summed E-state index contributed by atoms with van der Waals surface area (Å²) in [4.78, 5) is 22.9. The fourth-order valence-electron chi connectivity index (χ4n) is 9.37. The molecule has 3 unspecified atom stereocenters. The zero-order valence-corrected chi connectivity index (χ0v) is 40.1. The molecule has 8 rings (SSSR count). The summed E-state index contributed by atoms with van der Waals surface area (Å²) in [5.74, 6) is 1.73. The third kappa shape index (κ3) is 9.40. The summed E-state index contributed by atoms with van der Waals surface area (Å²) in [5, 5.41) is 8.37. The summed E-state index contributed by atoms with van der Waals surface area (Å²) in [6, 6.07) is 31.1. The molecule has 3 saturated heterocycles. The van der Waals surface area contributed by atoms with Gasteiger partial charge in [-0.3, -0.25) is 14.7 Å². The highest BCUT2D eigenvalue weighted by atomic mass is 31.1. The highest BCUT2D eigenvalue weighted by Gasteiger charge is 2.44. The van der Waals surface area contributed by atoms with Gasteiger partial charge < -0.3 is 10.1 Å². The molecule has 2 bridgehead atoms. The second-order valence-electron chi connectivity index (χ2n) is 21.9. The van der Waals surface area contributed by atoms with Crippen LogP contribution < -0.4 is 26.0 Å². The molecule has 1 amide bonds. The average molecular weight is 836 g/mol. The predicted molar refractivity (Wildman–Crippen MR) is 260 cm³/mol. The first-order valence-electron chi connectivity index (χ1n) is 22.4. The zero-order chi connectivity index (χ0) is 44.2. The highest BCUT2D eigenvalue weighted by Crippen LogP contribution is 2.44. The molecule has 1 aromatic heterocycles. The van der Waals surface area contributed by atoms with E-state index in [9.17, 15) is 0 Å². The maximum atomic E-state index is 15.6. The van der Waals surface area contributed by atoms with Crippen molar-refractivity contribution in [2.45, 2.75) is 130 Å². The summed E-state index contributed by atoms with van der Waals surface area (Å²) in [6.45, 7) is 33.9. The van der Waals surface area contributed by atoms with E-state index in [4.69, 9.17) is 9.72 Å². The van der Waals surface area contributed by atoms with E-state index in [1.165, 1.54) is 32.9 Å². The first-order valence-corrected chi connectivity index (χ1v) is 23.7. The molecule has 4 heterocycles. The number of methoxy groups -OCH3 is 1. The molecule has 0 radical (unpaired) electrons. The summed E-state index contributed by atoms with van der Waals surface area (Å²) >= 11 is 0. The van der Waals surface area contributed by atoms with Crippen molar-refractivity contribution >= 4 is 40.6 Å². The minimum absolute atomic E-state index is 0.0464. The van der Waals surface area contributed by atoms with Crippen molar-refractivity contribution in [1.82, 2.24) is 15.2 Å². The van der Waals surface area contributed by atoms with Crippen LogP contribution >= 0.6 is 7.92 Å². The number of hydrogen-bond acceptors (Lipinski definition) is 4. The Hall–Kier alpha value is -4.31. The Balaban J connectivity index is 1.44. The van der Waals surface area contributed by atoms with Crippen molar-refractivity contribution in [3.63, 3.8) is 0 Å². The van der Waals surface area contributed by atoms with E-state index in [0.29, 0.717) is 11.8 Å². The minimum atomic E-state index is -1.20.